The number of rotatable bonds is 2. The monoisotopic (exact) mass is 318 g/mol. The average Bonchev–Trinajstić information content (AvgIpc) is 3.03. The molecule has 1 unspecified atom stereocenters. The van der Waals surface area contributed by atoms with Crippen LogP contribution in [0.5, 0.6) is 0 Å². The van der Waals surface area contributed by atoms with Gasteiger partial charge in [0.05, 0.1) is 17.3 Å². The predicted molar refractivity (Wildman–Crippen MR) is 88.0 cm³/mol. The van der Waals surface area contributed by atoms with E-state index in [0.29, 0.717) is 6.42 Å². The molecule has 0 bridgehead atoms. The second-order valence-electron chi connectivity index (χ2n) is 5.41. The van der Waals surface area contributed by atoms with E-state index >= 15 is 0 Å². The number of hydrogen-bond donors (Lipinski definition) is 2. The Labute approximate surface area is 133 Å². The fourth-order valence-corrected chi connectivity index (χ4v) is 3.51. The Morgan fingerprint density at radius 1 is 1.45 bits per heavy atom. The second kappa shape index (κ2) is 6.39. The van der Waals surface area contributed by atoms with Gasteiger partial charge in [-0.3, -0.25) is 4.79 Å². The number of carbonyl (C=O) groups is 2. The van der Waals surface area contributed by atoms with E-state index in [1.54, 1.807) is 16.7 Å². The number of urea groups is 1. The molecule has 1 saturated heterocycles. The van der Waals surface area contributed by atoms with Gasteiger partial charge in [0.15, 0.2) is 0 Å². The molecule has 0 saturated carbocycles. The number of thioether (sulfide) groups is 1. The molecule has 1 aromatic carbocycles. The number of anilines is 1. The van der Waals surface area contributed by atoms with Crippen LogP contribution in [-0.4, -0.2) is 40.7 Å². The highest BCUT2D eigenvalue weighted by Crippen LogP contribution is 2.24. The number of nitrogens with zero attached hydrogens (tertiary/aromatic N) is 2. The maximum Gasteiger partial charge on any atom is 0.322 e. The van der Waals surface area contributed by atoms with Crippen LogP contribution >= 0.6 is 11.8 Å². The molecule has 0 aromatic heterocycles. The van der Waals surface area contributed by atoms with Crippen LogP contribution in [0.2, 0.25) is 0 Å². The molecule has 22 heavy (non-hydrogen) atoms. The van der Waals surface area contributed by atoms with Gasteiger partial charge in [-0.25, -0.2) is 10.2 Å². The fraction of sp³-hybridized carbons (Fsp3) is 0.400. The minimum Gasteiger partial charge on any atom is -0.314 e. The van der Waals surface area contributed by atoms with Crippen LogP contribution in [0.1, 0.15) is 18.9 Å². The zero-order valence-corrected chi connectivity index (χ0v) is 13.2. The first-order valence-electron chi connectivity index (χ1n) is 7.24. The van der Waals surface area contributed by atoms with Gasteiger partial charge in [-0.2, -0.15) is 5.10 Å². The zero-order valence-electron chi connectivity index (χ0n) is 12.3. The van der Waals surface area contributed by atoms with Gasteiger partial charge >= 0.3 is 6.03 Å². The Morgan fingerprint density at radius 3 is 3.00 bits per heavy atom. The number of benzene rings is 1. The summed E-state index contributed by atoms with van der Waals surface area (Å²) in [7, 11) is 0. The molecule has 3 rings (SSSR count). The molecule has 1 atom stereocenters. The van der Waals surface area contributed by atoms with Gasteiger partial charge in [0, 0.05) is 30.2 Å². The summed E-state index contributed by atoms with van der Waals surface area (Å²) in [5.74, 6) is 1.65. The molecule has 0 radical (unpaired) electrons. The first kappa shape index (κ1) is 14.9. The lowest BCUT2D eigenvalue weighted by molar-refractivity contribution is -0.121. The fourth-order valence-electron chi connectivity index (χ4n) is 2.56. The smallest absolute Gasteiger partial charge is 0.314 e. The Kier molecular flexibility index (Phi) is 4.33. The van der Waals surface area contributed by atoms with E-state index in [1.165, 1.54) is 0 Å². The summed E-state index contributed by atoms with van der Waals surface area (Å²) < 4.78 is 0. The lowest BCUT2D eigenvalue weighted by Gasteiger charge is -2.22. The van der Waals surface area contributed by atoms with Crippen LogP contribution in [0.25, 0.3) is 0 Å². The molecule has 1 fully saturated rings. The Morgan fingerprint density at radius 2 is 2.27 bits per heavy atom. The van der Waals surface area contributed by atoms with Gasteiger partial charge in [-0.15, -0.1) is 11.8 Å². The van der Waals surface area contributed by atoms with Crippen LogP contribution in [0.4, 0.5) is 10.5 Å². The van der Waals surface area contributed by atoms with Crippen molar-refractivity contribution >= 4 is 35.1 Å². The Bertz CT molecular complexity index is 626. The van der Waals surface area contributed by atoms with Gasteiger partial charge in [0.1, 0.15) is 0 Å². The lowest BCUT2D eigenvalue weighted by Crippen LogP contribution is -2.34. The second-order valence-corrected chi connectivity index (χ2v) is 6.49. The van der Waals surface area contributed by atoms with Gasteiger partial charge < -0.3 is 10.2 Å². The number of carbonyl (C=O) groups excluding carboxylic acids is 2. The number of nitrogens with one attached hydrogen (secondary N) is 2. The Hall–Kier alpha value is -2.02. The number of para-hydroxylation sites is 1. The SMILES string of the molecule is CC1CC(=O)NN=C1c1ccccc1NC(=O)N1CCSC1. The van der Waals surface area contributed by atoms with E-state index in [-0.39, 0.29) is 17.9 Å². The summed E-state index contributed by atoms with van der Waals surface area (Å²) in [4.78, 5) is 25.5. The molecule has 2 aliphatic rings. The first-order valence-corrected chi connectivity index (χ1v) is 8.40. The van der Waals surface area contributed by atoms with E-state index in [2.05, 4.69) is 15.8 Å². The maximum atomic E-state index is 12.3. The van der Waals surface area contributed by atoms with Crippen molar-refractivity contribution in [2.24, 2.45) is 11.0 Å². The molecule has 0 aliphatic carbocycles. The largest absolute Gasteiger partial charge is 0.322 e. The van der Waals surface area contributed by atoms with Crippen LogP contribution in [0, 0.1) is 5.92 Å². The molecule has 7 heteroatoms. The average molecular weight is 318 g/mol. The summed E-state index contributed by atoms with van der Waals surface area (Å²) >= 11 is 1.75. The third kappa shape index (κ3) is 3.09. The van der Waals surface area contributed by atoms with Crippen molar-refractivity contribution in [2.45, 2.75) is 13.3 Å². The van der Waals surface area contributed by atoms with Crippen LogP contribution in [-0.2, 0) is 4.79 Å². The maximum absolute atomic E-state index is 12.3. The van der Waals surface area contributed by atoms with Gasteiger partial charge in [0.2, 0.25) is 5.91 Å². The summed E-state index contributed by atoms with van der Waals surface area (Å²) in [5, 5.41) is 7.14. The quantitative estimate of drug-likeness (QED) is 0.877. The van der Waals surface area contributed by atoms with E-state index in [4.69, 9.17) is 0 Å². The van der Waals surface area contributed by atoms with E-state index in [0.717, 1.165) is 35.1 Å². The van der Waals surface area contributed by atoms with E-state index < -0.39 is 0 Å². The standard InChI is InChI=1S/C15H18N4O2S/c1-10-8-13(20)17-18-14(10)11-4-2-3-5-12(11)16-15(21)19-6-7-22-9-19/h2-5,10H,6-9H2,1H3,(H,16,21)(H,17,20). The van der Waals surface area contributed by atoms with Gasteiger partial charge in [-0.1, -0.05) is 25.1 Å². The van der Waals surface area contributed by atoms with Crippen molar-refractivity contribution in [3.8, 4) is 0 Å². The van der Waals surface area contributed by atoms with E-state index in [9.17, 15) is 9.59 Å². The molecule has 2 N–H and O–H groups in total. The van der Waals surface area contributed by atoms with E-state index in [1.807, 2.05) is 31.2 Å². The van der Waals surface area contributed by atoms with Gasteiger partial charge in [0.25, 0.3) is 0 Å². The predicted octanol–water partition coefficient (Wildman–Crippen LogP) is 2.08. The van der Waals surface area contributed by atoms with Crippen LogP contribution < -0.4 is 10.7 Å². The molecule has 6 nitrogen and oxygen atoms in total. The van der Waals surface area contributed by atoms with Crippen molar-refractivity contribution in [3.63, 3.8) is 0 Å². The summed E-state index contributed by atoms with van der Waals surface area (Å²) in [6.07, 6.45) is 0.407. The molecular weight excluding hydrogens is 300 g/mol. The highest BCUT2D eigenvalue weighted by Gasteiger charge is 2.25. The first-order chi connectivity index (χ1) is 10.6. The van der Waals surface area contributed by atoms with Crippen LogP contribution in [0.15, 0.2) is 29.4 Å². The zero-order chi connectivity index (χ0) is 15.5. The summed E-state index contributed by atoms with van der Waals surface area (Å²) in [6.45, 7) is 2.74. The lowest BCUT2D eigenvalue weighted by atomic mass is 9.93. The molecule has 1 aromatic rings. The van der Waals surface area contributed by atoms with Crippen molar-refractivity contribution in [3.05, 3.63) is 29.8 Å². The minimum absolute atomic E-state index is 0.0224. The number of hydrogen-bond acceptors (Lipinski definition) is 4. The Balaban J connectivity index is 1.83. The molecule has 0 spiro atoms. The topological polar surface area (TPSA) is 73.8 Å². The molecule has 2 heterocycles. The highest BCUT2D eigenvalue weighted by molar-refractivity contribution is 7.99. The number of hydrazone groups is 1. The van der Waals surface area contributed by atoms with Gasteiger partial charge in [-0.05, 0) is 6.07 Å². The molecule has 116 valence electrons. The third-order valence-electron chi connectivity index (χ3n) is 3.74. The molecular formula is C15H18N4O2S. The van der Waals surface area contributed by atoms with Crippen molar-refractivity contribution in [1.82, 2.24) is 10.3 Å². The normalized spacial score (nSPS) is 21.3. The summed E-state index contributed by atoms with van der Waals surface area (Å²) in [5.41, 5.74) is 4.90. The summed E-state index contributed by atoms with van der Waals surface area (Å²) in [6, 6.07) is 7.47. The van der Waals surface area contributed by atoms with Crippen molar-refractivity contribution in [1.29, 1.82) is 0 Å². The van der Waals surface area contributed by atoms with Crippen molar-refractivity contribution in [2.75, 3.05) is 23.5 Å². The molecule has 3 amide bonds. The van der Waals surface area contributed by atoms with Crippen LogP contribution in [0.3, 0.4) is 0 Å². The minimum atomic E-state index is -0.0921. The molecule has 2 aliphatic heterocycles. The number of amides is 3. The van der Waals surface area contributed by atoms with Crippen molar-refractivity contribution < 1.29 is 9.59 Å². The third-order valence-corrected chi connectivity index (χ3v) is 4.71. The highest BCUT2D eigenvalue weighted by atomic mass is 32.2.